The van der Waals surface area contributed by atoms with Crippen LogP contribution in [0.25, 0.3) is 0 Å². The number of morpholine rings is 1. The van der Waals surface area contributed by atoms with Gasteiger partial charge in [0.25, 0.3) is 0 Å². The molecule has 174 valence electrons. The summed E-state index contributed by atoms with van der Waals surface area (Å²) in [5, 5.41) is 9.35. The van der Waals surface area contributed by atoms with Crippen molar-refractivity contribution in [3.63, 3.8) is 0 Å². The fraction of sp³-hybridized carbons (Fsp3) is 0.625. The summed E-state index contributed by atoms with van der Waals surface area (Å²) in [6, 6.07) is 10.3. The fourth-order valence-electron chi connectivity index (χ4n) is 4.80. The first-order valence-corrected chi connectivity index (χ1v) is 12.7. The van der Waals surface area contributed by atoms with Crippen molar-refractivity contribution in [1.82, 2.24) is 24.6 Å². The van der Waals surface area contributed by atoms with Gasteiger partial charge in [-0.3, -0.25) is 9.69 Å². The van der Waals surface area contributed by atoms with Gasteiger partial charge >= 0.3 is 0 Å². The van der Waals surface area contributed by atoms with Gasteiger partial charge < -0.3 is 14.2 Å². The van der Waals surface area contributed by atoms with E-state index in [-0.39, 0.29) is 5.91 Å². The molecule has 0 saturated carbocycles. The number of hydrogen-bond acceptors (Lipinski definition) is 6. The molecule has 1 aromatic carbocycles. The van der Waals surface area contributed by atoms with E-state index in [1.807, 2.05) is 30.0 Å². The number of amides is 1. The highest BCUT2D eigenvalue weighted by Gasteiger charge is 2.28. The van der Waals surface area contributed by atoms with Gasteiger partial charge in [0, 0.05) is 32.7 Å². The first-order valence-electron chi connectivity index (χ1n) is 11.7. The Morgan fingerprint density at radius 1 is 1.09 bits per heavy atom. The molecular weight excluding hydrogens is 422 g/mol. The molecule has 2 aliphatic heterocycles. The van der Waals surface area contributed by atoms with Crippen molar-refractivity contribution >= 4 is 17.7 Å². The number of piperidine rings is 1. The molecule has 0 aliphatic carbocycles. The Balaban J connectivity index is 1.24. The Labute approximate surface area is 195 Å². The van der Waals surface area contributed by atoms with E-state index in [2.05, 4.69) is 45.6 Å². The van der Waals surface area contributed by atoms with Gasteiger partial charge in [-0.05, 0) is 45.1 Å². The first-order chi connectivity index (χ1) is 15.5. The summed E-state index contributed by atoms with van der Waals surface area (Å²) >= 11 is 1.49. The minimum absolute atomic E-state index is 0.203. The average Bonchev–Trinajstić information content (AvgIpc) is 3.12. The van der Waals surface area contributed by atoms with Crippen LogP contribution in [0.4, 0.5) is 0 Å². The number of aromatic nitrogens is 3. The van der Waals surface area contributed by atoms with Crippen LogP contribution < -0.4 is 0 Å². The number of rotatable bonds is 7. The first kappa shape index (κ1) is 23.3. The lowest BCUT2D eigenvalue weighted by molar-refractivity contribution is -0.130. The number of carbonyl (C=O) groups is 1. The molecule has 32 heavy (non-hydrogen) atoms. The molecule has 4 rings (SSSR count). The quantitative estimate of drug-likeness (QED) is 0.596. The zero-order valence-corrected chi connectivity index (χ0v) is 20.3. The molecule has 2 fully saturated rings. The van der Waals surface area contributed by atoms with E-state index in [4.69, 9.17) is 4.74 Å². The molecule has 2 atom stereocenters. The van der Waals surface area contributed by atoms with Gasteiger partial charge in [-0.15, -0.1) is 10.2 Å². The highest BCUT2D eigenvalue weighted by molar-refractivity contribution is 7.99. The minimum Gasteiger partial charge on any atom is -0.373 e. The summed E-state index contributed by atoms with van der Waals surface area (Å²) < 4.78 is 7.94. The maximum atomic E-state index is 12.9. The van der Waals surface area contributed by atoms with Crippen LogP contribution >= 0.6 is 11.8 Å². The molecule has 2 aliphatic rings. The summed E-state index contributed by atoms with van der Waals surface area (Å²) in [7, 11) is 0. The Hall–Kier alpha value is -1.90. The van der Waals surface area contributed by atoms with E-state index in [9.17, 15) is 4.79 Å². The molecule has 8 heteroatoms. The van der Waals surface area contributed by atoms with Gasteiger partial charge in [0.15, 0.2) is 5.16 Å². The van der Waals surface area contributed by atoms with Crippen LogP contribution in [0.1, 0.15) is 38.1 Å². The molecule has 7 nitrogen and oxygen atoms in total. The predicted molar refractivity (Wildman–Crippen MR) is 127 cm³/mol. The van der Waals surface area contributed by atoms with Gasteiger partial charge in [0.2, 0.25) is 5.91 Å². The SMILES string of the molecule is Cc1nnc(SCC(=O)N2CCC(CN3CC(C)OC(C)C3)CC2)n1Cc1ccccc1. The van der Waals surface area contributed by atoms with Gasteiger partial charge in [0.1, 0.15) is 5.82 Å². The number of benzene rings is 1. The van der Waals surface area contributed by atoms with Gasteiger partial charge in [0.05, 0.1) is 24.5 Å². The van der Waals surface area contributed by atoms with Crippen molar-refractivity contribution in [3.05, 3.63) is 41.7 Å². The monoisotopic (exact) mass is 457 g/mol. The Bertz CT molecular complexity index is 872. The third-order valence-electron chi connectivity index (χ3n) is 6.39. The predicted octanol–water partition coefficient (Wildman–Crippen LogP) is 3.07. The second-order valence-electron chi connectivity index (χ2n) is 9.19. The second kappa shape index (κ2) is 10.8. The Kier molecular flexibility index (Phi) is 7.86. The lowest BCUT2D eigenvalue weighted by Crippen LogP contribution is -2.48. The molecule has 1 amide bonds. The third-order valence-corrected chi connectivity index (χ3v) is 7.34. The normalized spacial score (nSPS) is 22.9. The Morgan fingerprint density at radius 2 is 1.78 bits per heavy atom. The molecule has 2 saturated heterocycles. The standard InChI is InChI=1S/C24H35N5O2S/c1-18-13-27(14-19(2)31-18)15-22-9-11-28(12-10-22)23(30)17-32-24-26-25-20(3)29(24)16-21-7-5-4-6-8-21/h4-8,18-19,22H,9-17H2,1-3H3. The number of ether oxygens (including phenoxy) is 1. The summed E-state index contributed by atoms with van der Waals surface area (Å²) in [5.74, 6) is 2.15. The van der Waals surface area contributed by atoms with E-state index < -0.39 is 0 Å². The lowest BCUT2D eigenvalue weighted by Gasteiger charge is -2.39. The number of nitrogens with zero attached hydrogens (tertiary/aromatic N) is 5. The maximum Gasteiger partial charge on any atom is 0.233 e. The van der Waals surface area contributed by atoms with Crippen molar-refractivity contribution in [1.29, 1.82) is 0 Å². The fourth-order valence-corrected chi connectivity index (χ4v) is 5.68. The van der Waals surface area contributed by atoms with Crippen molar-refractivity contribution in [2.75, 3.05) is 38.5 Å². The number of likely N-dealkylation sites (tertiary alicyclic amines) is 1. The van der Waals surface area contributed by atoms with E-state index in [1.54, 1.807) is 0 Å². The molecule has 2 unspecified atom stereocenters. The van der Waals surface area contributed by atoms with Crippen LogP contribution in [0.2, 0.25) is 0 Å². The number of hydrogen-bond donors (Lipinski definition) is 0. The summed E-state index contributed by atoms with van der Waals surface area (Å²) in [5.41, 5.74) is 1.20. The van der Waals surface area contributed by atoms with E-state index >= 15 is 0 Å². The number of aryl methyl sites for hydroxylation is 1. The summed E-state index contributed by atoms with van der Waals surface area (Å²) in [6.45, 7) is 11.9. The highest BCUT2D eigenvalue weighted by atomic mass is 32.2. The van der Waals surface area contributed by atoms with Gasteiger partial charge in [-0.25, -0.2) is 0 Å². The average molecular weight is 458 g/mol. The van der Waals surface area contributed by atoms with E-state index in [0.29, 0.717) is 23.9 Å². The van der Waals surface area contributed by atoms with Crippen LogP contribution in [-0.2, 0) is 16.1 Å². The Morgan fingerprint density at radius 3 is 2.47 bits per heavy atom. The van der Waals surface area contributed by atoms with Gasteiger partial charge in [-0.2, -0.15) is 0 Å². The maximum absolute atomic E-state index is 12.9. The number of carbonyl (C=O) groups excluding carboxylic acids is 1. The van der Waals surface area contributed by atoms with Crippen molar-refractivity contribution < 1.29 is 9.53 Å². The zero-order valence-electron chi connectivity index (χ0n) is 19.4. The molecule has 2 aromatic rings. The van der Waals surface area contributed by atoms with Crippen LogP contribution in [0.3, 0.4) is 0 Å². The molecule has 0 radical (unpaired) electrons. The number of thioether (sulfide) groups is 1. The highest BCUT2D eigenvalue weighted by Crippen LogP contribution is 2.23. The second-order valence-corrected chi connectivity index (χ2v) is 10.1. The molecule has 1 aromatic heterocycles. The summed E-state index contributed by atoms with van der Waals surface area (Å²) in [6.07, 6.45) is 2.79. The molecule has 0 N–H and O–H groups in total. The van der Waals surface area contributed by atoms with E-state index in [0.717, 1.165) is 63.1 Å². The lowest BCUT2D eigenvalue weighted by atomic mass is 9.95. The largest absolute Gasteiger partial charge is 0.373 e. The van der Waals surface area contributed by atoms with Crippen LogP contribution in [0.15, 0.2) is 35.5 Å². The van der Waals surface area contributed by atoms with Gasteiger partial charge in [-0.1, -0.05) is 42.1 Å². The third kappa shape index (κ3) is 6.11. The topological polar surface area (TPSA) is 63.5 Å². The molecule has 0 bridgehead atoms. The minimum atomic E-state index is 0.203. The smallest absolute Gasteiger partial charge is 0.233 e. The van der Waals surface area contributed by atoms with Crippen LogP contribution in [-0.4, -0.2) is 81.2 Å². The van der Waals surface area contributed by atoms with Crippen molar-refractivity contribution in [2.45, 2.75) is 57.5 Å². The molecule has 0 spiro atoms. The van der Waals surface area contributed by atoms with Crippen LogP contribution in [0, 0.1) is 12.8 Å². The molecular formula is C24H35N5O2S. The molecule has 3 heterocycles. The summed E-state index contributed by atoms with van der Waals surface area (Å²) in [4.78, 5) is 17.4. The van der Waals surface area contributed by atoms with Crippen molar-refractivity contribution in [3.8, 4) is 0 Å². The van der Waals surface area contributed by atoms with Crippen molar-refractivity contribution in [2.24, 2.45) is 5.92 Å². The van der Waals surface area contributed by atoms with Crippen LogP contribution in [0.5, 0.6) is 0 Å². The zero-order chi connectivity index (χ0) is 22.5. The van der Waals surface area contributed by atoms with E-state index in [1.165, 1.54) is 17.3 Å².